The van der Waals surface area contributed by atoms with E-state index in [1.165, 1.54) is 5.41 Å². The molecule has 0 N–H and O–H groups in total. The molecule has 0 saturated carbocycles. The first kappa shape index (κ1) is 12.4. The molecule has 0 heterocycles. The third-order valence-corrected chi connectivity index (χ3v) is 6.40. The number of allylic oxidation sites excluding steroid dienone is 1. The molecule has 0 aromatic heterocycles. The topological polar surface area (TPSA) is 34.1 Å². The van der Waals surface area contributed by atoms with Crippen molar-refractivity contribution in [1.82, 2.24) is 0 Å². The summed E-state index contributed by atoms with van der Waals surface area (Å²) in [5.74, 6) is 0. The molecular formula is C9H8I2O2S. The van der Waals surface area contributed by atoms with Crippen LogP contribution >= 0.6 is 45.2 Å². The van der Waals surface area contributed by atoms with Crippen LogP contribution in [0.3, 0.4) is 0 Å². The summed E-state index contributed by atoms with van der Waals surface area (Å²) in [6.07, 6.45) is 0. The molecule has 0 amide bonds. The second kappa shape index (κ2) is 5.45. The molecule has 1 aromatic rings. The predicted molar refractivity (Wildman–Crippen MR) is 74.6 cm³/mol. The summed E-state index contributed by atoms with van der Waals surface area (Å²) in [4.78, 5) is 0.346. The molecule has 0 bridgehead atoms. The average Bonchev–Trinajstić information content (AvgIpc) is 2.18. The Morgan fingerprint density at radius 1 is 1.29 bits per heavy atom. The number of rotatable bonds is 3. The number of hydrogen-bond acceptors (Lipinski definition) is 2. The second-order valence-corrected chi connectivity index (χ2v) is 6.50. The molecule has 5 heteroatoms. The van der Waals surface area contributed by atoms with Gasteiger partial charge in [-0.25, -0.2) is 8.42 Å². The van der Waals surface area contributed by atoms with Gasteiger partial charge >= 0.3 is 0 Å². The van der Waals surface area contributed by atoms with Crippen LogP contribution in [-0.4, -0.2) is 12.8 Å². The normalized spacial score (nSPS) is 12.9. The number of hydrogen-bond donors (Lipinski definition) is 0. The van der Waals surface area contributed by atoms with E-state index in [-0.39, 0.29) is 0 Å². The Labute approximate surface area is 111 Å². The van der Waals surface area contributed by atoms with E-state index in [0.717, 1.165) is 3.58 Å². The predicted octanol–water partition coefficient (Wildman–Crippen LogP) is 3.17. The van der Waals surface area contributed by atoms with Crippen LogP contribution in [0.2, 0.25) is 0 Å². The maximum Gasteiger partial charge on any atom is 0.200 e. The zero-order valence-corrected chi connectivity index (χ0v) is 12.3. The standard InChI is InChI=1S/C9H8I2O2S/c10-6-8(11)7-14(12,13)9-4-2-1-3-5-9/h1-5,7H,6H2/b8-7+. The fourth-order valence-electron chi connectivity index (χ4n) is 0.878. The van der Waals surface area contributed by atoms with Gasteiger partial charge in [0.05, 0.1) is 4.90 Å². The highest BCUT2D eigenvalue weighted by molar-refractivity contribution is 14.1. The highest BCUT2D eigenvalue weighted by atomic mass is 127. The molecule has 0 aliphatic rings. The monoisotopic (exact) mass is 434 g/mol. The smallest absolute Gasteiger partial charge is 0.200 e. The van der Waals surface area contributed by atoms with Gasteiger partial charge in [0.2, 0.25) is 9.84 Å². The molecule has 0 fully saturated rings. The molecule has 0 saturated heterocycles. The first-order chi connectivity index (χ1) is 6.56. The molecular weight excluding hydrogens is 426 g/mol. The quantitative estimate of drug-likeness (QED) is 0.542. The first-order valence-electron chi connectivity index (χ1n) is 3.78. The van der Waals surface area contributed by atoms with Crippen LogP contribution in [0.1, 0.15) is 0 Å². The van der Waals surface area contributed by atoms with Crippen LogP contribution < -0.4 is 0 Å². The van der Waals surface area contributed by atoms with Gasteiger partial charge < -0.3 is 0 Å². The third-order valence-electron chi connectivity index (χ3n) is 1.48. The minimum absolute atomic E-state index is 0.346. The second-order valence-electron chi connectivity index (χ2n) is 2.56. The minimum Gasteiger partial charge on any atom is -0.219 e. The molecule has 0 unspecified atom stereocenters. The van der Waals surface area contributed by atoms with Gasteiger partial charge in [0, 0.05) is 13.4 Å². The lowest BCUT2D eigenvalue weighted by atomic mass is 10.4. The van der Waals surface area contributed by atoms with E-state index >= 15 is 0 Å². The Morgan fingerprint density at radius 3 is 2.36 bits per heavy atom. The summed E-state index contributed by atoms with van der Waals surface area (Å²) in [5, 5.41) is 1.31. The van der Waals surface area contributed by atoms with E-state index < -0.39 is 9.84 Å². The van der Waals surface area contributed by atoms with Crippen LogP contribution in [0, 0.1) is 0 Å². The Kier molecular flexibility index (Phi) is 4.84. The van der Waals surface area contributed by atoms with Crippen LogP contribution in [0.15, 0.2) is 44.2 Å². The molecule has 0 spiro atoms. The van der Waals surface area contributed by atoms with Crippen molar-refractivity contribution in [2.24, 2.45) is 0 Å². The van der Waals surface area contributed by atoms with Gasteiger partial charge in [-0.15, -0.1) is 0 Å². The SMILES string of the molecule is O=S(=O)(/C=C(/I)CI)c1ccccc1. The van der Waals surface area contributed by atoms with Gasteiger partial charge in [-0.2, -0.15) is 0 Å². The molecule has 1 aromatic carbocycles. The summed E-state index contributed by atoms with van der Waals surface area (Å²) in [5.41, 5.74) is 0. The van der Waals surface area contributed by atoms with Gasteiger partial charge in [-0.3, -0.25) is 0 Å². The maximum atomic E-state index is 11.7. The molecule has 0 aliphatic carbocycles. The largest absolute Gasteiger partial charge is 0.219 e. The summed E-state index contributed by atoms with van der Waals surface area (Å²) in [6.45, 7) is 0. The van der Waals surface area contributed by atoms with Crippen molar-refractivity contribution in [1.29, 1.82) is 0 Å². The Morgan fingerprint density at radius 2 is 1.86 bits per heavy atom. The van der Waals surface area contributed by atoms with Crippen molar-refractivity contribution in [3.8, 4) is 0 Å². The van der Waals surface area contributed by atoms with E-state index in [4.69, 9.17) is 0 Å². The number of sulfone groups is 1. The van der Waals surface area contributed by atoms with Crippen LogP contribution in [0.5, 0.6) is 0 Å². The zero-order valence-electron chi connectivity index (χ0n) is 7.15. The number of alkyl halides is 1. The van der Waals surface area contributed by atoms with Gasteiger partial charge in [-0.1, -0.05) is 40.8 Å². The Hall–Kier alpha value is 0.370. The molecule has 0 atom stereocenters. The summed E-state index contributed by atoms with van der Waals surface area (Å²) in [7, 11) is -3.25. The van der Waals surface area contributed by atoms with Crippen molar-refractivity contribution < 1.29 is 8.42 Å². The molecule has 2 nitrogen and oxygen atoms in total. The summed E-state index contributed by atoms with van der Waals surface area (Å²) < 4.78 is 25.0. The van der Waals surface area contributed by atoms with Crippen molar-refractivity contribution in [3.63, 3.8) is 0 Å². The lowest BCUT2D eigenvalue weighted by molar-refractivity contribution is 0.604. The van der Waals surface area contributed by atoms with E-state index in [1.807, 2.05) is 22.6 Å². The van der Waals surface area contributed by atoms with Gasteiger partial charge in [0.1, 0.15) is 0 Å². The van der Waals surface area contributed by atoms with E-state index in [1.54, 1.807) is 30.3 Å². The first-order valence-corrected chi connectivity index (χ1v) is 7.93. The lowest BCUT2D eigenvalue weighted by Gasteiger charge is -1.98. The zero-order chi connectivity index (χ0) is 10.6. The van der Waals surface area contributed by atoms with Crippen LogP contribution in [-0.2, 0) is 9.84 Å². The Balaban J connectivity index is 3.11. The molecule has 0 aliphatic heterocycles. The van der Waals surface area contributed by atoms with Crippen molar-refractivity contribution in [3.05, 3.63) is 39.3 Å². The summed E-state index contributed by atoms with van der Waals surface area (Å²) in [6, 6.07) is 8.44. The Bertz CT molecular complexity index is 423. The molecule has 76 valence electrons. The minimum atomic E-state index is -3.25. The third kappa shape index (κ3) is 3.50. The number of benzene rings is 1. The van der Waals surface area contributed by atoms with Gasteiger partial charge in [-0.05, 0) is 34.7 Å². The number of halogens is 2. The van der Waals surface area contributed by atoms with E-state index in [2.05, 4.69) is 22.6 Å². The highest BCUT2D eigenvalue weighted by Gasteiger charge is 2.10. The van der Waals surface area contributed by atoms with Gasteiger partial charge in [0.25, 0.3) is 0 Å². The highest BCUT2D eigenvalue weighted by Crippen LogP contribution is 2.17. The average molecular weight is 434 g/mol. The van der Waals surface area contributed by atoms with Crippen molar-refractivity contribution in [2.45, 2.75) is 4.90 Å². The van der Waals surface area contributed by atoms with E-state index in [9.17, 15) is 8.42 Å². The van der Waals surface area contributed by atoms with E-state index in [0.29, 0.717) is 9.32 Å². The van der Waals surface area contributed by atoms with Crippen LogP contribution in [0.25, 0.3) is 0 Å². The molecule has 1 rings (SSSR count). The summed E-state index contributed by atoms with van der Waals surface area (Å²) >= 11 is 4.16. The maximum absolute atomic E-state index is 11.7. The fourth-order valence-corrected chi connectivity index (χ4v) is 3.49. The lowest BCUT2D eigenvalue weighted by Crippen LogP contribution is -1.96. The van der Waals surface area contributed by atoms with Crippen LogP contribution in [0.4, 0.5) is 0 Å². The molecule has 0 radical (unpaired) electrons. The van der Waals surface area contributed by atoms with Crippen molar-refractivity contribution >= 4 is 55.0 Å². The van der Waals surface area contributed by atoms with Gasteiger partial charge in [0.15, 0.2) is 0 Å². The fraction of sp³-hybridized carbons (Fsp3) is 0.111. The van der Waals surface area contributed by atoms with Crippen molar-refractivity contribution in [2.75, 3.05) is 4.43 Å². The molecule has 14 heavy (non-hydrogen) atoms.